The van der Waals surface area contributed by atoms with Gasteiger partial charge < -0.3 is 4.55 Å². The topological polar surface area (TPSA) is 35.4 Å². The SMILES string of the molecule is C/C(=N/[S+]([O-])C(C)(C)C)c1cc(Br)c(F)cc1F. The second-order valence-electron chi connectivity index (χ2n) is 4.78. The summed E-state index contributed by atoms with van der Waals surface area (Å²) in [5.74, 6) is -1.40. The van der Waals surface area contributed by atoms with Crippen LogP contribution in [-0.2, 0) is 11.4 Å². The summed E-state index contributed by atoms with van der Waals surface area (Å²) in [4.78, 5) is 0. The molecule has 1 atom stereocenters. The highest BCUT2D eigenvalue weighted by atomic mass is 79.9. The fraction of sp³-hybridized carbons (Fsp3) is 0.417. The lowest BCUT2D eigenvalue weighted by atomic mass is 10.1. The molecule has 0 aliphatic carbocycles. The van der Waals surface area contributed by atoms with Gasteiger partial charge in [0.15, 0.2) is 0 Å². The van der Waals surface area contributed by atoms with Crippen LogP contribution in [0.15, 0.2) is 21.0 Å². The van der Waals surface area contributed by atoms with Crippen molar-refractivity contribution in [3.05, 3.63) is 33.8 Å². The quantitative estimate of drug-likeness (QED) is 0.456. The molecule has 0 N–H and O–H groups in total. The van der Waals surface area contributed by atoms with E-state index >= 15 is 0 Å². The molecule has 1 aromatic rings. The smallest absolute Gasteiger partial charge is 0.144 e. The summed E-state index contributed by atoms with van der Waals surface area (Å²) in [6, 6.07) is 2.07. The number of halogens is 3. The number of hydrogen-bond donors (Lipinski definition) is 0. The molecule has 0 radical (unpaired) electrons. The van der Waals surface area contributed by atoms with E-state index in [4.69, 9.17) is 0 Å². The van der Waals surface area contributed by atoms with Crippen molar-refractivity contribution in [1.82, 2.24) is 0 Å². The Morgan fingerprint density at radius 3 is 2.33 bits per heavy atom. The average Bonchev–Trinajstić information content (AvgIpc) is 2.21. The summed E-state index contributed by atoms with van der Waals surface area (Å²) in [6.07, 6.45) is 0. The molecule has 0 bridgehead atoms. The first-order valence-corrected chi connectivity index (χ1v) is 7.15. The van der Waals surface area contributed by atoms with Crippen molar-refractivity contribution >= 4 is 33.0 Å². The summed E-state index contributed by atoms with van der Waals surface area (Å²) in [7, 11) is 0. The zero-order valence-corrected chi connectivity index (χ0v) is 13.0. The predicted molar refractivity (Wildman–Crippen MR) is 74.2 cm³/mol. The van der Waals surface area contributed by atoms with Gasteiger partial charge in [-0.05, 0) is 49.7 Å². The molecule has 18 heavy (non-hydrogen) atoms. The second kappa shape index (κ2) is 5.67. The van der Waals surface area contributed by atoms with Crippen LogP contribution in [0.2, 0.25) is 0 Å². The largest absolute Gasteiger partial charge is 0.591 e. The molecule has 0 aliphatic rings. The zero-order valence-electron chi connectivity index (χ0n) is 10.6. The second-order valence-corrected chi connectivity index (χ2v) is 7.54. The van der Waals surface area contributed by atoms with Gasteiger partial charge in [0.25, 0.3) is 0 Å². The van der Waals surface area contributed by atoms with Crippen LogP contribution in [-0.4, -0.2) is 15.0 Å². The van der Waals surface area contributed by atoms with E-state index < -0.39 is 27.7 Å². The molecule has 0 aromatic heterocycles. The third-order valence-corrected chi connectivity index (χ3v) is 4.24. The predicted octanol–water partition coefficient (Wildman–Crippen LogP) is 4.00. The van der Waals surface area contributed by atoms with Crippen LogP contribution in [0, 0.1) is 11.6 Å². The van der Waals surface area contributed by atoms with Gasteiger partial charge in [0.1, 0.15) is 27.7 Å². The van der Waals surface area contributed by atoms with Crippen molar-refractivity contribution < 1.29 is 13.3 Å². The monoisotopic (exact) mass is 337 g/mol. The van der Waals surface area contributed by atoms with E-state index in [-0.39, 0.29) is 15.7 Å². The van der Waals surface area contributed by atoms with Crippen molar-refractivity contribution in [3.8, 4) is 0 Å². The standard InChI is InChI=1S/C12H14BrF2NOS/c1-7(16-18(17)12(2,3)4)8-5-9(13)11(15)6-10(8)14/h5-6H,1-4H3/b16-7-. The van der Waals surface area contributed by atoms with Crippen LogP contribution in [0.5, 0.6) is 0 Å². The van der Waals surface area contributed by atoms with Gasteiger partial charge in [-0.1, -0.05) is 4.40 Å². The van der Waals surface area contributed by atoms with Crippen LogP contribution in [0.3, 0.4) is 0 Å². The van der Waals surface area contributed by atoms with Gasteiger partial charge in [-0.15, -0.1) is 0 Å². The van der Waals surface area contributed by atoms with Crippen LogP contribution in [0.4, 0.5) is 8.78 Å². The number of rotatable bonds is 2. The first-order valence-electron chi connectivity index (χ1n) is 5.25. The maximum atomic E-state index is 13.6. The Kier molecular flexibility index (Phi) is 4.91. The Hall–Kier alpha value is -0.460. The third-order valence-electron chi connectivity index (χ3n) is 2.14. The number of nitrogens with zero attached hydrogens (tertiary/aromatic N) is 1. The molecular formula is C12H14BrF2NOS. The van der Waals surface area contributed by atoms with E-state index in [1.807, 2.05) is 0 Å². The van der Waals surface area contributed by atoms with Crippen molar-refractivity contribution in [3.63, 3.8) is 0 Å². The van der Waals surface area contributed by atoms with Crippen molar-refractivity contribution in [1.29, 1.82) is 0 Å². The van der Waals surface area contributed by atoms with Crippen LogP contribution < -0.4 is 0 Å². The van der Waals surface area contributed by atoms with Gasteiger partial charge in [-0.3, -0.25) is 0 Å². The molecule has 0 saturated heterocycles. The highest BCUT2D eigenvalue weighted by Crippen LogP contribution is 2.23. The van der Waals surface area contributed by atoms with Crippen molar-refractivity contribution in [2.24, 2.45) is 4.40 Å². The molecule has 1 unspecified atom stereocenters. The van der Waals surface area contributed by atoms with E-state index in [0.717, 1.165) is 6.07 Å². The summed E-state index contributed by atoms with van der Waals surface area (Å²) in [6.45, 7) is 6.87. The van der Waals surface area contributed by atoms with Gasteiger partial charge >= 0.3 is 0 Å². The Morgan fingerprint density at radius 2 is 1.83 bits per heavy atom. The van der Waals surface area contributed by atoms with Gasteiger partial charge in [0.05, 0.1) is 10.2 Å². The molecule has 0 amide bonds. The zero-order chi connectivity index (χ0) is 14.1. The minimum Gasteiger partial charge on any atom is -0.591 e. The van der Waals surface area contributed by atoms with Crippen molar-refractivity contribution in [2.75, 3.05) is 0 Å². The molecule has 1 aromatic carbocycles. The fourth-order valence-corrected chi connectivity index (χ4v) is 2.07. The fourth-order valence-electron chi connectivity index (χ4n) is 1.11. The lowest BCUT2D eigenvalue weighted by Gasteiger charge is -2.18. The summed E-state index contributed by atoms with van der Waals surface area (Å²) < 4.78 is 42.1. The minimum atomic E-state index is -1.48. The van der Waals surface area contributed by atoms with Gasteiger partial charge in [0.2, 0.25) is 0 Å². The molecular weight excluding hydrogens is 324 g/mol. The first-order chi connectivity index (χ1) is 8.12. The molecule has 0 heterocycles. The van der Waals surface area contributed by atoms with Crippen LogP contribution >= 0.6 is 15.9 Å². The highest BCUT2D eigenvalue weighted by Gasteiger charge is 2.27. The lowest BCUT2D eigenvalue weighted by molar-refractivity contribution is 0.561. The maximum absolute atomic E-state index is 13.6. The van der Waals surface area contributed by atoms with Gasteiger partial charge in [-0.2, -0.15) is 0 Å². The highest BCUT2D eigenvalue weighted by molar-refractivity contribution is 9.10. The minimum absolute atomic E-state index is 0.140. The molecule has 0 aliphatic heterocycles. The van der Waals surface area contributed by atoms with E-state index in [1.54, 1.807) is 27.7 Å². The lowest BCUT2D eigenvalue weighted by Crippen LogP contribution is -2.26. The van der Waals surface area contributed by atoms with Crippen molar-refractivity contribution in [2.45, 2.75) is 32.4 Å². The van der Waals surface area contributed by atoms with Crippen LogP contribution in [0.25, 0.3) is 0 Å². The molecule has 6 heteroatoms. The summed E-state index contributed by atoms with van der Waals surface area (Å²) in [5.41, 5.74) is 0.419. The van der Waals surface area contributed by atoms with Gasteiger partial charge in [-0.25, -0.2) is 8.78 Å². The Balaban J connectivity index is 3.15. The molecule has 0 spiro atoms. The Labute approximate surface area is 117 Å². The molecule has 0 fully saturated rings. The number of hydrogen-bond acceptors (Lipinski definition) is 2. The Morgan fingerprint density at radius 1 is 1.28 bits per heavy atom. The number of benzene rings is 1. The van der Waals surface area contributed by atoms with Gasteiger partial charge in [0, 0.05) is 11.6 Å². The third kappa shape index (κ3) is 3.76. The molecule has 1 rings (SSSR count). The average molecular weight is 338 g/mol. The molecule has 0 saturated carbocycles. The van der Waals surface area contributed by atoms with E-state index in [0.29, 0.717) is 0 Å². The van der Waals surface area contributed by atoms with E-state index in [2.05, 4.69) is 20.3 Å². The first kappa shape index (κ1) is 15.6. The molecule has 100 valence electrons. The normalized spacial score (nSPS) is 14.8. The van der Waals surface area contributed by atoms with E-state index in [1.165, 1.54) is 6.07 Å². The maximum Gasteiger partial charge on any atom is 0.144 e. The summed E-state index contributed by atoms with van der Waals surface area (Å²) >= 11 is 1.51. The summed E-state index contributed by atoms with van der Waals surface area (Å²) in [5, 5.41) is 0. The Bertz CT molecular complexity index is 486. The van der Waals surface area contributed by atoms with E-state index in [9.17, 15) is 13.3 Å². The molecule has 2 nitrogen and oxygen atoms in total. The van der Waals surface area contributed by atoms with Crippen LogP contribution in [0.1, 0.15) is 33.3 Å².